The van der Waals surface area contributed by atoms with Crippen LogP contribution in [0.4, 0.5) is 5.69 Å². The Morgan fingerprint density at radius 3 is 2.15 bits per heavy atom. The van der Waals surface area contributed by atoms with Gasteiger partial charge in [-0.25, -0.2) is 0 Å². The molecule has 5 rings (SSSR count). The summed E-state index contributed by atoms with van der Waals surface area (Å²) in [5.41, 5.74) is 6.92. The van der Waals surface area contributed by atoms with Crippen LogP contribution in [-0.2, 0) is 16.8 Å². The summed E-state index contributed by atoms with van der Waals surface area (Å²) in [4.78, 5) is 14.4. The number of aryl methyl sites for hydroxylation is 1. The van der Waals surface area contributed by atoms with Crippen LogP contribution < -0.4 is 5.32 Å². The maximum atomic E-state index is 12.0. The van der Waals surface area contributed by atoms with E-state index in [-0.39, 0.29) is 0 Å². The van der Waals surface area contributed by atoms with Crippen LogP contribution in [0.1, 0.15) is 16.8 Å². The van der Waals surface area contributed by atoms with Gasteiger partial charge in [0.05, 0.1) is 5.41 Å². The Morgan fingerprint density at radius 1 is 0.939 bits per heavy atom. The normalized spacial score (nSPS) is 15.1. The monoisotopic (exact) mass is 437 g/mol. The molecule has 1 aliphatic rings. The average Bonchev–Trinajstić information content (AvgIpc) is 3.22. The summed E-state index contributed by atoms with van der Waals surface area (Å²) in [6, 6.07) is 27.1. The van der Waals surface area contributed by atoms with Crippen LogP contribution in [0.3, 0.4) is 0 Å². The van der Waals surface area contributed by atoms with Gasteiger partial charge in [0.25, 0.3) is 0 Å². The molecule has 166 valence electrons. The van der Waals surface area contributed by atoms with Crippen molar-refractivity contribution in [3.63, 3.8) is 0 Å². The van der Waals surface area contributed by atoms with Crippen LogP contribution in [0.25, 0.3) is 22.5 Å². The summed E-state index contributed by atoms with van der Waals surface area (Å²) < 4.78 is 5.50. The second-order valence-electron chi connectivity index (χ2n) is 8.78. The van der Waals surface area contributed by atoms with Crippen molar-refractivity contribution in [3.05, 3.63) is 95.7 Å². The number of carbonyl (C=O) groups excluding carboxylic acids is 1. The predicted octanol–water partition coefficient (Wildman–Crippen LogP) is 5.31. The first-order valence-corrected chi connectivity index (χ1v) is 11.2. The van der Waals surface area contributed by atoms with Crippen LogP contribution in [0.15, 0.2) is 83.4 Å². The Bertz CT molecular complexity index is 1240. The molecule has 5 heteroatoms. The second kappa shape index (κ2) is 8.68. The molecule has 1 fully saturated rings. The van der Waals surface area contributed by atoms with E-state index in [4.69, 9.17) is 4.52 Å². The number of aromatic nitrogens is 1. The van der Waals surface area contributed by atoms with E-state index >= 15 is 0 Å². The van der Waals surface area contributed by atoms with Crippen molar-refractivity contribution >= 4 is 12.0 Å². The zero-order valence-corrected chi connectivity index (χ0v) is 18.9. The number of nitrogens with one attached hydrogen (secondary N) is 1. The minimum Gasteiger partial charge on any atom is -0.383 e. The van der Waals surface area contributed by atoms with Crippen LogP contribution >= 0.6 is 0 Å². The maximum Gasteiger partial charge on any atom is 0.190 e. The summed E-state index contributed by atoms with van der Waals surface area (Å²) in [7, 11) is 1.87. The molecule has 0 atom stereocenters. The number of carbonyl (C=O) groups is 1. The molecule has 1 aromatic heterocycles. The standard InChI is InChI=1S/C28H27N3O2/c1-20-26(29-2)27(33-30-20)24-10-8-22(9-11-24)23-12-14-25(15-13-23)28(19-32)17-31(18-28)16-21-6-4-3-5-7-21/h3-15,19,29H,16-18H2,1-2H3. The molecule has 0 radical (unpaired) electrons. The fourth-order valence-corrected chi connectivity index (χ4v) is 4.70. The predicted molar refractivity (Wildman–Crippen MR) is 131 cm³/mol. The minimum atomic E-state index is -0.412. The van der Waals surface area contributed by atoms with E-state index in [1.165, 1.54) is 5.56 Å². The Labute approximate surface area is 194 Å². The maximum absolute atomic E-state index is 12.0. The van der Waals surface area contributed by atoms with Crippen molar-refractivity contribution in [3.8, 4) is 22.5 Å². The van der Waals surface area contributed by atoms with Crippen LogP contribution in [0.5, 0.6) is 0 Å². The molecule has 0 aliphatic carbocycles. The molecule has 2 heterocycles. The Hall–Kier alpha value is -3.70. The molecule has 33 heavy (non-hydrogen) atoms. The molecule has 1 saturated heterocycles. The molecular formula is C28H27N3O2. The molecule has 1 N–H and O–H groups in total. The quantitative estimate of drug-likeness (QED) is 0.397. The fraction of sp³-hybridized carbons (Fsp3) is 0.214. The summed E-state index contributed by atoms with van der Waals surface area (Å²) >= 11 is 0. The third-order valence-corrected chi connectivity index (χ3v) is 6.54. The molecule has 3 aromatic carbocycles. The van der Waals surface area contributed by atoms with Crippen molar-refractivity contribution < 1.29 is 9.32 Å². The smallest absolute Gasteiger partial charge is 0.190 e. The lowest BCUT2D eigenvalue weighted by molar-refractivity contribution is -0.118. The van der Waals surface area contributed by atoms with Crippen molar-refractivity contribution in [2.45, 2.75) is 18.9 Å². The Morgan fingerprint density at radius 2 is 1.55 bits per heavy atom. The number of likely N-dealkylation sites (tertiary alicyclic amines) is 1. The summed E-state index contributed by atoms with van der Waals surface area (Å²) in [6.45, 7) is 4.30. The summed E-state index contributed by atoms with van der Waals surface area (Å²) in [5, 5.41) is 7.21. The lowest BCUT2D eigenvalue weighted by atomic mass is 9.74. The van der Waals surface area contributed by atoms with Gasteiger partial charge >= 0.3 is 0 Å². The first kappa shape index (κ1) is 21.2. The zero-order valence-electron chi connectivity index (χ0n) is 18.9. The third-order valence-electron chi connectivity index (χ3n) is 6.54. The molecule has 5 nitrogen and oxygen atoms in total. The van der Waals surface area contributed by atoms with Crippen LogP contribution in [-0.4, -0.2) is 36.5 Å². The molecular weight excluding hydrogens is 410 g/mol. The number of hydrogen-bond donors (Lipinski definition) is 1. The number of anilines is 1. The van der Waals surface area contributed by atoms with E-state index in [1.54, 1.807) is 0 Å². The van der Waals surface area contributed by atoms with Gasteiger partial charge in [0.15, 0.2) is 5.76 Å². The van der Waals surface area contributed by atoms with Crippen molar-refractivity contribution in [2.75, 3.05) is 25.5 Å². The largest absolute Gasteiger partial charge is 0.383 e. The topological polar surface area (TPSA) is 58.4 Å². The van der Waals surface area contributed by atoms with Gasteiger partial charge in [-0.3, -0.25) is 4.90 Å². The highest BCUT2D eigenvalue weighted by atomic mass is 16.5. The molecule has 0 amide bonds. The van der Waals surface area contributed by atoms with Gasteiger partial charge < -0.3 is 14.6 Å². The summed E-state index contributed by atoms with van der Waals surface area (Å²) in [5.74, 6) is 0.745. The molecule has 0 unspecified atom stereocenters. The number of aldehydes is 1. The van der Waals surface area contributed by atoms with Gasteiger partial charge in [-0.2, -0.15) is 0 Å². The highest BCUT2D eigenvalue weighted by Gasteiger charge is 2.44. The third kappa shape index (κ3) is 3.96. The Kier molecular flexibility index (Phi) is 5.56. The number of nitrogens with zero attached hydrogens (tertiary/aromatic N) is 2. The number of benzene rings is 3. The van der Waals surface area contributed by atoms with E-state index in [2.05, 4.69) is 76.0 Å². The van der Waals surface area contributed by atoms with Crippen LogP contribution in [0.2, 0.25) is 0 Å². The van der Waals surface area contributed by atoms with E-state index in [0.29, 0.717) is 0 Å². The number of hydrogen-bond acceptors (Lipinski definition) is 5. The highest BCUT2D eigenvalue weighted by Crippen LogP contribution is 2.36. The zero-order chi connectivity index (χ0) is 22.8. The van der Waals surface area contributed by atoms with Crippen molar-refractivity contribution in [1.82, 2.24) is 10.1 Å². The van der Waals surface area contributed by atoms with Crippen molar-refractivity contribution in [2.24, 2.45) is 0 Å². The molecule has 1 aliphatic heterocycles. The van der Waals surface area contributed by atoms with Gasteiger partial charge in [0.2, 0.25) is 0 Å². The molecule has 0 bridgehead atoms. The molecule has 0 spiro atoms. The van der Waals surface area contributed by atoms with Gasteiger partial charge in [-0.1, -0.05) is 84.0 Å². The van der Waals surface area contributed by atoms with Gasteiger partial charge in [0, 0.05) is 32.2 Å². The first-order chi connectivity index (χ1) is 16.1. The lowest BCUT2D eigenvalue weighted by Crippen LogP contribution is -2.59. The lowest BCUT2D eigenvalue weighted by Gasteiger charge is -2.47. The second-order valence-corrected chi connectivity index (χ2v) is 8.78. The van der Waals surface area contributed by atoms with E-state index in [9.17, 15) is 4.79 Å². The first-order valence-electron chi connectivity index (χ1n) is 11.2. The van der Waals surface area contributed by atoms with E-state index in [0.717, 1.165) is 65.3 Å². The highest BCUT2D eigenvalue weighted by molar-refractivity contribution is 5.77. The number of rotatable bonds is 7. The molecule has 4 aromatic rings. The minimum absolute atomic E-state index is 0.412. The van der Waals surface area contributed by atoms with E-state index < -0.39 is 5.41 Å². The molecule has 0 saturated carbocycles. The van der Waals surface area contributed by atoms with Gasteiger partial charge in [0.1, 0.15) is 17.7 Å². The summed E-state index contributed by atoms with van der Waals surface area (Å²) in [6.07, 6.45) is 1.12. The SMILES string of the molecule is CNc1c(C)noc1-c1ccc(-c2ccc(C3(C=O)CN(Cc4ccccc4)C3)cc2)cc1. The fourth-order valence-electron chi connectivity index (χ4n) is 4.70. The van der Waals surface area contributed by atoms with Crippen molar-refractivity contribution in [1.29, 1.82) is 0 Å². The van der Waals surface area contributed by atoms with Gasteiger partial charge in [-0.05, 0) is 29.2 Å². The Balaban J connectivity index is 1.30. The van der Waals surface area contributed by atoms with E-state index in [1.807, 2.05) is 32.2 Å². The average molecular weight is 438 g/mol. The van der Waals surface area contributed by atoms with Gasteiger partial charge in [-0.15, -0.1) is 0 Å². The van der Waals surface area contributed by atoms with Crippen LogP contribution in [0, 0.1) is 6.92 Å².